The third kappa shape index (κ3) is 2.51. The van der Waals surface area contributed by atoms with Crippen molar-refractivity contribution < 1.29 is 9.53 Å². The first-order valence-corrected chi connectivity index (χ1v) is 7.93. The number of hydrogen-bond acceptors (Lipinski definition) is 3. The summed E-state index contributed by atoms with van der Waals surface area (Å²) in [5.41, 5.74) is 1.78. The zero-order valence-corrected chi connectivity index (χ0v) is 12.7. The van der Waals surface area contributed by atoms with Gasteiger partial charge in [0, 0.05) is 47.8 Å². The van der Waals surface area contributed by atoms with Gasteiger partial charge in [0.15, 0.2) is 0 Å². The van der Waals surface area contributed by atoms with Crippen molar-refractivity contribution in [1.82, 2.24) is 15.2 Å². The Bertz CT molecular complexity index is 696. The molecular formula is C17H21N3O2. The number of H-pyrrole nitrogens is 1. The van der Waals surface area contributed by atoms with Crippen molar-refractivity contribution in [3.63, 3.8) is 0 Å². The number of carbonyl (C=O) groups is 1. The lowest BCUT2D eigenvalue weighted by atomic mass is 10.1. The number of nitrogens with zero attached hydrogens (tertiary/aromatic N) is 1. The highest BCUT2D eigenvalue weighted by Gasteiger charge is 2.36. The van der Waals surface area contributed by atoms with E-state index in [2.05, 4.69) is 22.1 Å². The number of hydrogen-bond donors (Lipinski definition) is 2. The van der Waals surface area contributed by atoms with Crippen LogP contribution < -0.4 is 5.32 Å². The molecule has 1 aromatic carbocycles. The molecule has 2 aromatic rings. The van der Waals surface area contributed by atoms with Crippen molar-refractivity contribution in [3.05, 3.63) is 36.0 Å². The van der Waals surface area contributed by atoms with Gasteiger partial charge in [-0.2, -0.15) is 0 Å². The lowest BCUT2D eigenvalue weighted by Crippen LogP contribution is -2.45. The van der Waals surface area contributed by atoms with Crippen molar-refractivity contribution in [2.24, 2.45) is 0 Å². The van der Waals surface area contributed by atoms with E-state index in [1.807, 2.05) is 30.5 Å². The summed E-state index contributed by atoms with van der Waals surface area (Å²) in [6, 6.07) is 8.43. The highest BCUT2D eigenvalue weighted by molar-refractivity contribution is 5.98. The summed E-state index contributed by atoms with van der Waals surface area (Å²) in [4.78, 5) is 18.0. The Morgan fingerprint density at radius 1 is 1.36 bits per heavy atom. The van der Waals surface area contributed by atoms with Gasteiger partial charge in [0.2, 0.25) is 0 Å². The molecule has 2 saturated heterocycles. The van der Waals surface area contributed by atoms with Gasteiger partial charge in [0.1, 0.15) is 0 Å². The van der Waals surface area contributed by atoms with Crippen molar-refractivity contribution in [1.29, 1.82) is 0 Å². The largest absolute Gasteiger partial charge is 0.376 e. The first-order valence-electron chi connectivity index (χ1n) is 7.93. The van der Waals surface area contributed by atoms with Crippen LogP contribution in [0, 0.1) is 0 Å². The molecule has 2 aliphatic heterocycles. The lowest BCUT2D eigenvalue weighted by Gasteiger charge is -2.33. The number of benzene rings is 1. The zero-order valence-electron chi connectivity index (χ0n) is 12.7. The van der Waals surface area contributed by atoms with Gasteiger partial charge in [-0.3, -0.25) is 9.69 Å². The van der Waals surface area contributed by atoms with E-state index in [9.17, 15) is 4.79 Å². The number of amides is 1. The van der Waals surface area contributed by atoms with Gasteiger partial charge < -0.3 is 15.0 Å². The minimum atomic E-state index is 0.0157. The van der Waals surface area contributed by atoms with Gasteiger partial charge in [0.25, 0.3) is 5.91 Å². The Labute approximate surface area is 129 Å². The van der Waals surface area contributed by atoms with Gasteiger partial charge in [-0.05, 0) is 37.6 Å². The molecule has 1 aromatic heterocycles. The fourth-order valence-electron chi connectivity index (χ4n) is 3.61. The Balaban J connectivity index is 1.43. The maximum absolute atomic E-state index is 12.5. The quantitative estimate of drug-likeness (QED) is 0.888. The van der Waals surface area contributed by atoms with E-state index in [4.69, 9.17) is 4.74 Å². The molecule has 0 unspecified atom stereocenters. The topological polar surface area (TPSA) is 57.4 Å². The number of morpholine rings is 1. The second-order valence-corrected chi connectivity index (χ2v) is 6.44. The van der Waals surface area contributed by atoms with Crippen molar-refractivity contribution in [2.75, 3.05) is 19.7 Å². The molecule has 5 nitrogen and oxygen atoms in total. The van der Waals surface area contributed by atoms with Crippen LogP contribution in [0.5, 0.6) is 0 Å². The molecule has 4 rings (SSSR count). The molecule has 2 fully saturated rings. The standard InChI is InChI=1S/C17H21N3O2/c1-11-8-20-9-14(7-15(20)10-22-11)19-17(21)13-2-3-16-12(6-13)4-5-18-16/h2-6,11,14-15,18H,7-10H2,1H3,(H,19,21)/t11-,14-,15-/m0/s1. The molecule has 0 bridgehead atoms. The van der Waals surface area contributed by atoms with Crippen LogP contribution in [0.4, 0.5) is 0 Å². The molecular weight excluding hydrogens is 278 g/mol. The normalized spacial score (nSPS) is 28.7. The summed E-state index contributed by atoms with van der Waals surface area (Å²) in [6.07, 6.45) is 3.16. The molecule has 0 spiro atoms. The maximum Gasteiger partial charge on any atom is 0.251 e. The van der Waals surface area contributed by atoms with E-state index in [0.717, 1.165) is 42.6 Å². The molecule has 0 aliphatic carbocycles. The summed E-state index contributed by atoms with van der Waals surface area (Å²) < 4.78 is 5.71. The van der Waals surface area contributed by atoms with Crippen molar-refractivity contribution in [2.45, 2.75) is 31.5 Å². The number of fused-ring (bicyclic) bond motifs is 2. The van der Waals surface area contributed by atoms with E-state index < -0.39 is 0 Å². The monoisotopic (exact) mass is 299 g/mol. The van der Waals surface area contributed by atoms with Crippen LogP contribution in [0.3, 0.4) is 0 Å². The molecule has 2 aliphatic rings. The number of nitrogens with one attached hydrogen (secondary N) is 2. The van der Waals surface area contributed by atoms with Gasteiger partial charge >= 0.3 is 0 Å². The van der Waals surface area contributed by atoms with Crippen LogP contribution in [0.25, 0.3) is 10.9 Å². The minimum absolute atomic E-state index is 0.0157. The van der Waals surface area contributed by atoms with Gasteiger partial charge in [-0.25, -0.2) is 0 Å². The second kappa shape index (κ2) is 5.41. The molecule has 3 heterocycles. The molecule has 2 N–H and O–H groups in total. The summed E-state index contributed by atoms with van der Waals surface area (Å²) in [5, 5.41) is 4.25. The van der Waals surface area contributed by atoms with E-state index in [1.54, 1.807) is 0 Å². The molecule has 116 valence electrons. The van der Waals surface area contributed by atoms with Crippen LogP contribution in [0.1, 0.15) is 23.7 Å². The number of rotatable bonds is 2. The van der Waals surface area contributed by atoms with Crippen LogP contribution in [0.2, 0.25) is 0 Å². The predicted molar refractivity (Wildman–Crippen MR) is 84.9 cm³/mol. The van der Waals surface area contributed by atoms with Crippen LogP contribution >= 0.6 is 0 Å². The van der Waals surface area contributed by atoms with Gasteiger partial charge in [0.05, 0.1) is 12.7 Å². The Hall–Kier alpha value is -1.85. The first kappa shape index (κ1) is 13.8. The molecule has 3 atom stereocenters. The van der Waals surface area contributed by atoms with Crippen molar-refractivity contribution in [3.8, 4) is 0 Å². The summed E-state index contributed by atoms with van der Waals surface area (Å²) in [5.74, 6) is 0.0157. The van der Waals surface area contributed by atoms with Gasteiger partial charge in [-0.15, -0.1) is 0 Å². The van der Waals surface area contributed by atoms with Crippen LogP contribution in [0.15, 0.2) is 30.5 Å². The third-order valence-electron chi connectivity index (χ3n) is 4.74. The first-order chi connectivity index (χ1) is 10.7. The average Bonchev–Trinajstić information content (AvgIpc) is 3.11. The molecule has 0 radical (unpaired) electrons. The van der Waals surface area contributed by atoms with Gasteiger partial charge in [-0.1, -0.05) is 0 Å². The fraction of sp³-hybridized carbons (Fsp3) is 0.471. The molecule has 0 saturated carbocycles. The van der Waals surface area contributed by atoms with E-state index >= 15 is 0 Å². The van der Waals surface area contributed by atoms with E-state index in [1.165, 1.54) is 0 Å². The summed E-state index contributed by atoms with van der Waals surface area (Å²) >= 11 is 0. The van der Waals surface area contributed by atoms with Crippen LogP contribution in [-0.4, -0.2) is 53.7 Å². The van der Waals surface area contributed by atoms with Crippen LogP contribution in [-0.2, 0) is 4.74 Å². The smallest absolute Gasteiger partial charge is 0.251 e. The number of ether oxygens (including phenoxy) is 1. The molecule has 1 amide bonds. The Morgan fingerprint density at radius 3 is 3.18 bits per heavy atom. The highest BCUT2D eigenvalue weighted by Crippen LogP contribution is 2.23. The molecule has 5 heteroatoms. The van der Waals surface area contributed by atoms with E-state index in [0.29, 0.717) is 12.1 Å². The average molecular weight is 299 g/mol. The maximum atomic E-state index is 12.5. The number of aromatic nitrogens is 1. The Kier molecular flexibility index (Phi) is 3.39. The van der Waals surface area contributed by atoms with E-state index in [-0.39, 0.29) is 11.9 Å². The minimum Gasteiger partial charge on any atom is -0.376 e. The fourth-order valence-corrected chi connectivity index (χ4v) is 3.61. The summed E-state index contributed by atoms with van der Waals surface area (Å²) in [7, 11) is 0. The number of carbonyl (C=O) groups excluding carboxylic acids is 1. The zero-order chi connectivity index (χ0) is 15.1. The SMILES string of the molecule is C[C@H]1CN2C[C@@H](NC(=O)c3ccc4[nH]ccc4c3)C[C@H]2CO1. The lowest BCUT2D eigenvalue weighted by molar-refractivity contribution is -0.0390. The summed E-state index contributed by atoms with van der Waals surface area (Å²) in [6.45, 7) is 4.78. The molecule has 22 heavy (non-hydrogen) atoms. The third-order valence-corrected chi connectivity index (χ3v) is 4.74. The highest BCUT2D eigenvalue weighted by atomic mass is 16.5. The Morgan fingerprint density at radius 2 is 2.27 bits per heavy atom. The number of aromatic amines is 1. The predicted octanol–water partition coefficient (Wildman–Crippen LogP) is 1.76. The van der Waals surface area contributed by atoms with Crippen molar-refractivity contribution >= 4 is 16.8 Å². The second-order valence-electron chi connectivity index (χ2n) is 6.44.